The van der Waals surface area contributed by atoms with Gasteiger partial charge in [-0.1, -0.05) is 13.8 Å². The van der Waals surface area contributed by atoms with E-state index < -0.39 is 0 Å². The molecule has 0 amide bonds. The van der Waals surface area contributed by atoms with Crippen molar-refractivity contribution in [2.45, 2.75) is 52.0 Å². The molecule has 18 heavy (non-hydrogen) atoms. The third kappa shape index (κ3) is 2.20. The molecule has 1 aromatic heterocycles. The van der Waals surface area contributed by atoms with Crippen LogP contribution in [0.25, 0.3) is 0 Å². The molecule has 3 rings (SSSR count). The van der Waals surface area contributed by atoms with E-state index in [0.29, 0.717) is 11.3 Å². The van der Waals surface area contributed by atoms with Crippen molar-refractivity contribution >= 4 is 0 Å². The van der Waals surface area contributed by atoms with Crippen LogP contribution < -0.4 is 5.32 Å². The van der Waals surface area contributed by atoms with Crippen molar-refractivity contribution in [3.63, 3.8) is 0 Å². The fourth-order valence-electron chi connectivity index (χ4n) is 3.33. The zero-order chi connectivity index (χ0) is 12.6. The maximum atomic E-state index is 4.40. The van der Waals surface area contributed by atoms with E-state index in [4.69, 9.17) is 0 Å². The Morgan fingerprint density at radius 3 is 2.94 bits per heavy atom. The van der Waals surface area contributed by atoms with Gasteiger partial charge < -0.3 is 9.88 Å². The summed E-state index contributed by atoms with van der Waals surface area (Å²) >= 11 is 0. The van der Waals surface area contributed by atoms with Gasteiger partial charge in [0.05, 0.1) is 6.33 Å². The maximum Gasteiger partial charge on any atom is 0.0948 e. The highest BCUT2D eigenvalue weighted by atomic mass is 15.1. The van der Waals surface area contributed by atoms with Crippen molar-refractivity contribution < 1.29 is 0 Å². The lowest BCUT2D eigenvalue weighted by Gasteiger charge is -2.26. The van der Waals surface area contributed by atoms with Crippen molar-refractivity contribution in [3.8, 4) is 0 Å². The molecular formula is C15H25N3. The maximum absolute atomic E-state index is 4.40. The molecule has 1 aliphatic carbocycles. The molecule has 1 saturated heterocycles. The van der Waals surface area contributed by atoms with Crippen LogP contribution in [0.3, 0.4) is 0 Å². The van der Waals surface area contributed by atoms with Crippen LogP contribution in [0.15, 0.2) is 12.5 Å². The average Bonchev–Trinajstić information content (AvgIpc) is 3.02. The lowest BCUT2D eigenvalue weighted by Crippen LogP contribution is -2.30. The number of hydrogen-bond acceptors (Lipinski definition) is 2. The first-order chi connectivity index (χ1) is 8.71. The van der Waals surface area contributed by atoms with E-state index in [2.05, 4.69) is 34.9 Å². The number of rotatable bonds is 4. The van der Waals surface area contributed by atoms with E-state index in [1.807, 2.05) is 6.33 Å². The second-order valence-corrected chi connectivity index (χ2v) is 6.51. The van der Waals surface area contributed by atoms with Crippen molar-refractivity contribution in [2.75, 3.05) is 13.1 Å². The van der Waals surface area contributed by atoms with E-state index in [9.17, 15) is 0 Å². The smallest absolute Gasteiger partial charge is 0.0948 e. The van der Waals surface area contributed by atoms with E-state index >= 15 is 0 Å². The van der Waals surface area contributed by atoms with Crippen molar-refractivity contribution in [2.24, 2.45) is 11.3 Å². The lowest BCUT2D eigenvalue weighted by molar-refractivity contribution is 0.300. The van der Waals surface area contributed by atoms with Crippen LogP contribution in [0.4, 0.5) is 0 Å². The molecule has 1 aliphatic heterocycles. The summed E-state index contributed by atoms with van der Waals surface area (Å²) in [4.78, 5) is 4.40. The highest BCUT2D eigenvalue weighted by Gasteiger charge is 2.45. The normalized spacial score (nSPS) is 26.5. The first-order valence-electron chi connectivity index (χ1n) is 7.42. The molecule has 1 atom stereocenters. The monoisotopic (exact) mass is 247 g/mol. The Labute approximate surface area is 110 Å². The van der Waals surface area contributed by atoms with E-state index in [-0.39, 0.29) is 0 Å². The zero-order valence-electron chi connectivity index (χ0n) is 11.7. The van der Waals surface area contributed by atoms with Gasteiger partial charge in [-0.15, -0.1) is 0 Å². The molecular weight excluding hydrogens is 222 g/mol. The molecule has 3 nitrogen and oxygen atoms in total. The summed E-state index contributed by atoms with van der Waals surface area (Å²) in [6.07, 6.45) is 9.54. The van der Waals surface area contributed by atoms with Gasteiger partial charge in [0, 0.05) is 30.9 Å². The summed E-state index contributed by atoms with van der Waals surface area (Å²) in [5, 5.41) is 3.51. The van der Waals surface area contributed by atoms with Crippen LogP contribution in [0, 0.1) is 11.3 Å². The van der Waals surface area contributed by atoms with Gasteiger partial charge in [0.1, 0.15) is 0 Å². The molecule has 0 bridgehead atoms. The lowest BCUT2D eigenvalue weighted by atomic mass is 9.91. The van der Waals surface area contributed by atoms with Crippen LogP contribution in [0.2, 0.25) is 0 Å². The zero-order valence-corrected chi connectivity index (χ0v) is 11.7. The Morgan fingerprint density at radius 1 is 1.50 bits per heavy atom. The number of hydrogen-bond donors (Lipinski definition) is 1. The molecule has 3 heteroatoms. The van der Waals surface area contributed by atoms with Gasteiger partial charge >= 0.3 is 0 Å². The number of nitrogens with one attached hydrogen (secondary N) is 1. The van der Waals surface area contributed by atoms with Gasteiger partial charge in [-0.2, -0.15) is 0 Å². The Balaban J connectivity index is 1.75. The van der Waals surface area contributed by atoms with Gasteiger partial charge in [-0.3, -0.25) is 0 Å². The topological polar surface area (TPSA) is 29.9 Å². The standard InChI is InChI=1S/C15H25N3/c1-12(2)15(5-6-15)10-18-11-17-9-14(18)13-4-3-7-16-8-13/h9,11-13,16H,3-8,10H2,1-2H3. The van der Waals surface area contributed by atoms with E-state index in [0.717, 1.165) is 12.5 Å². The molecule has 0 aromatic carbocycles. The highest BCUT2D eigenvalue weighted by Crippen LogP contribution is 2.53. The van der Waals surface area contributed by atoms with E-state index in [1.54, 1.807) is 0 Å². The van der Waals surface area contributed by atoms with Crippen molar-refractivity contribution in [3.05, 3.63) is 18.2 Å². The molecule has 1 saturated carbocycles. The predicted molar refractivity (Wildman–Crippen MR) is 73.6 cm³/mol. The molecule has 1 N–H and O–H groups in total. The van der Waals surface area contributed by atoms with Crippen molar-refractivity contribution in [1.29, 1.82) is 0 Å². The highest BCUT2D eigenvalue weighted by molar-refractivity contribution is 5.10. The van der Waals surface area contributed by atoms with Crippen LogP contribution in [-0.2, 0) is 6.54 Å². The first kappa shape index (κ1) is 12.2. The van der Waals surface area contributed by atoms with Crippen LogP contribution >= 0.6 is 0 Å². The number of imidazole rings is 1. The minimum absolute atomic E-state index is 0.567. The van der Waals surface area contributed by atoms with Crippen LogP contribution in [0.1, 0.15) is 51.1 Å². The summed E-state index contributed by atoms with van der Waals surface area (Å²) in [7, 11) is 0. The Morgan fingerprint density at radius 2 is 2.33 bits per heavy atom. The molecule has 0 spiro atoms. The summed E-state index contributed by atoms with van der Waals surface area (Å²) in [6, 6.07) is 0. The first-order valence-corrected chi connectivity index (χ1v) is 7.42. The molecule has 1 aromatic rings. The minimum Gasteiger partial charge on any atom is -0.334 e. The Hall–Kier alpha value is -0.830. The Bertz CT molecular complexity index is 398. The second kappa shape index (κ2) is 4.69. The summed E-state index contributed by atoms with van der Waals surface area (Å²) in [6.45, 7) is 8.22. The molecule has 1 unspecified atom stereocenters. The molecule has 0 radical (unpaired) electrons. The van der Waals surface area contributed by atoms with Crippen molar-refractivity contribution in [1.82, 2.24) is 14.9 Å². The fourth-order valence-corrected chi connectivity index (χ4v) is 3.33. The van der Waals surface area contributed by atoms with Gasteiger partial charge in [-0.05, 0) is 43.6 Å². The quantitative estimate of drug-likeness (QED) is 0.886. The molecule has 100 valence electrons. The molecule has 2 heterocycles. The molecule has 2 aliphatic rings. The van der Waals surface area contributed by atoms with Gasteiger partial charge in [0.15, 0.2) is 0 Å². The van der Waals surface area contributed by atoms with Crippen LogP contribution in [-0.4, -0.2) is 22.6 Å². The van der Waals surface area contributed by atoms with Crippen LogP contribution in [0.5, 0.6) is 0 Å². The van der Waals surface area contributed by atoms with Gasteiger partial charge in [-0.25, -0.2) is 4.98 Å². The summed E-state index contributed by atoms with van der Waals surface area (Å²) in [5.41, 5.74) is 2.02. The van der Waals surface area contributed by atoms with Gasteiger partial charge in [0.2, 0.25) is 0 Å². The SMILES string of the molecule is CC(C)C1(Cn2cncc2C2CCCNC2)CC1. The second-order valence-electron chi connectivity index (χ2n) is 6.51. The Kier molecular flexibility index (Phi) is 3.18. The third-order valence-electron chi connectivity index (χ3n) is 5.06. The number of aromatic nitrogens is 2. The largest absolute Gasteiger partial charge is 0.334 e. The number of piperidine rings is 1. The molecule has 2 fully saturated rings. The average molecular weight is 247 g/mol. The number of nitrogens with zero attached hydrogens (tertiary/aromatic N) is 2. The summed E-state index contributed by atoms with van der Waals surface area (Å²) < 4.78 is 2.44. The third-order valence-corrected chi connectivity index (χ3v) is 5.06. The van der Waals surface area contributed by atoms with Gasteiger partial charge in [0.25, 0.3) is 0 Å². The fraction of sp³-hybridized carbons (Fsp3) is 0.800. The summed E-state index contributed by atoms with van der Waals surface area (Å²) in [5.74, 6) is 1.46. The predicted octanol–water partition coefficient (Wildman–Crippen LogP) is 2.79. The van der Waals surface area contributed by atoms with E-state index in [1.165, 1.54) is 44.5 Å². The minimum atomic E-state index is 0.567.